The molecule has 1 aliphatic rings. The van der Waals surface area contributed by atoms with Gasteiger partial charge < -0.3 is 10.4 Å². The number of aliphatic carboxylic acids is 1. The predicted octanol–water partition coefficient (Wildman–Crippen LogP) is 1.35. The molecule has 1 saturated carbocycles. The highest BCUT2D eigenvalue weighted by molar-refractivity contribution is 5.86. The molecule has 0 bridgehead atoms. The molecule has 2 rings (SSSR count). The van der Waals surface area contributed by atoms with E-state index in [1.807, 2.05) is 0 Å². The van der Waals surface area contributed by atoms with Crippen molar-refractivity contribution in [2.45, 2.75) is 25.3 Å². The van der Waals surface area contributed by atoms with Crippen molar-refractivity contribution in [2.75, 3.05) is 0 Å². The lowest BCUT2D eigenvalue weighted by molar-refractivity contribution is -0.142. The third kappa shape index (κ3) is 3.29. The van der Waals surface area contributed by atoms with Crippen LogP contribution >= 0.6 is 0 Å². The average molecular weight is 251 g/mol. The van der Waals surface area contributed by atoms with Gasteiger partial charge in [-0.3, -0.25) is 4.79 Å². The molecule has 0 unspecified atom stereocenters. The van der Waals surface area contributed by atoms with E-state index in [-0.39, 0.29) is 24.1 Å². The summed E-state index contributed by atoms with van der Waals surface area (Å²) < 4.78 is 12.7. The van der Waals surface area contributed by atoms with E-state index in [9.17, 15) is 14.0 Å². The van der Waals surface area contributed by atoms with Gasteiger partial charge in [-0.15, -0.1) is 0 Å². The fourth-order valence-electron chi connectivity index (χ4n) is 1.69. The SMILES string of the molecule is O=C(N[C@H](Cc1ccc(F)cc1)C(=O)O)C1CC1. The van der Waals surface area contributed by atoms with Crippen molar-refractivity contribution < 1.29 is 19.1 Å². The normalized spacial score (nSPS) is 16.1. The molecule has 0 aliphatic heterocycles. The second-order valence-corrected chi connectivity index (χ2v) is 4.50. The Labute approximate surface area is 104 Å². The molecule has 1 aliphatic carbocycles. The molecule has 5 heteroatoms. The molecule has 1 amide bonds. The molecule has 0 spiro atoms. The minimum Gasteiger partial charge on any atom is -0.480 e. The molecule has 1 atom stereocenters. The number of hydrogen-bond acceptors (Lipinski definition) is 2. The molecular weight excluding hydrogens is 237 g/mol. The summed E-state index contributed by atoms with van der Waals surface area (Å²) in [6.07, 6.45) is 1.82. The van der Waals surface area contributed by atoms with Gasteiger partial charge in [0.2, 0.25) is 5.91 Å². The predicted molar refractivity (Wildman–Crippen MR) is 62.4 cm³/mol. The molecule has 1 fully saturated rings. The number of amides is 1. The van der Waals surface area contributed by atoms with Crippen molar-refractivity contribution in [2.24, 2.45) is 5.92 Å². The highest BCUT2D eigenvalue weighted by Crippen LogP contribution is 2.29. The van der Waals surface area contributed by atoms with E-state index in [1.165, 1.54) is 24.3 Å². The van der Waals surface area contributed by atoms with Crippen LogP contribution in [-0.2, 0) is 16.0 Å². The van der Waals surface area contributed by atoms with E-state index in [1.54, 1.807) is 0 Å². The smallest absolute Gasteiger partial charge is 0.326 e. The van der Waals surface area contributed by atoms with Crippen LogP contribution in [0.4, 0.5) is 4.39 Å². The Morgan fingerprint density at radius 3 is 2.44 bits per heavy atom. The number of carboxylic acids is 1. The molecule has 1 aromatic rings. The summed E-state index contributed by atoms with van der Waals surface area (Å²) in [5.41, 5.74) is 0.680. The number of benzene rings is 1. The molecule has 0 aromatic heterocycles. The standard InChI is InChI=1S/C13H14FNO3/c14-10-5-1-8(2-6-10)7-11(13(17)18)15-12(16)9-3-4-9/h1-2,5-6,9,11H,3-4,7H2,(H,15,16)(H,17,18)/t11-/m1/s1. The Balaban J connectivity index is 1.99. The van der Waals surface area contributed by atoms with Crippen molar-refractivity contribution in [3.8, 4) is 0 Å². The van der Waals surface area contributed by atoms with Crippen molar-refractivity contribution in [3.05, 3.63) is 35.6 Å². The molecular formula is C13H14FNO3. The van der Waals surface area contributed by atoms with Crippen LogP contribution in [0.15, 0.2) is 24.3 Å². The van der Waals surface area contributed by atoms with Crippen LogP contribution in [0.1, 0.15) is 18.4 Å². The molecule has 96 valence electrons. The highest BCUT2D eigenvalue weighted by atomic mass is 19.1. The van der Waals surface area contributed by atoms with Gasteiger partial charge in [0, 0.05) is 12.3 Å². The first-order chi connectivity index (χ1) is 8.56. The summed E-state index contributed by atoms with van der Waals surface area (Å²) in [6.45, 7) is 0. The maximum absolute atomic E-state index is 12.7. The van der Waals surface area contributed by atoms with Crippen LogP contribution < -0.4 is 5.32 Å². The zero-order valence-corrected chi connectivity index (χ0v) is 9.73. The number of carbonyl (C=O) groups excluding carboxylic acids is 1. The Hall–Kier alpha value is -1.91. The van der Waals surface area contributed by atoms with E-state index >= 15 is 0 Å². The second kappa shape index (κ2) is 5.16. The number of halogens is 1. The zero-order valence-electron chi connectivity index (χ0n) is 9.73. The van der Waals surface area contributed by atoms with Crippen LogP contribution in [0.5, 0.6) is 0 Å². The third-order valence-electron chi connectivity index (χ3n) is 2.92. The van der Waals surface area contributed by atoms with Crippen molar-refractivity contribution in [1.29, 1.82) is 0 Å². The molecule has 0 heterocycles. The number of carboxylic acid groups (broad SMARTS) is 1. The number of carbonyl (C=O) groups is 2. The quantitative estimate of drug-likeness (QED) is 0.830. The first kappa shape index (κ1) is 12.5. The maximum atomic E-state index is 12.7. The van der Waals surface area contributed by atoms with Crippen LogP contribution in [0, 0.1) is 11.7 Å². The van der Waals surface area contributed by atoms with Crippen LogP contribution in [0.25, 0.3) is 0 Å². The largest absolute Gasteiger partial charge is 0.480 e. The van der Waals surface area contributed by atoms with E-state index in [0.29, 0.717) is 5.56 Å². The lowest BCUT2D eigenvalue weighted by atomic mass is 10.1. The van der Waals surface area contributed by atoms with Gasteiger partial charge in [-0.25, -0.2) is 9.18 Å². The molecule has 0 radical (unpaired) electrons. The fourth-order valence-corrected chi connectivity index (χ4v) is 1.69. The Kier molecular flexibility index (Phi) is 3.60. The van der Waals surface area contributed by atoms with Gasteiger partial charge in [-0.05, 0) is 30.5 Å². The van der Waals surface area contributed by atoms with E-state index in [2.05, 4.69) is 5.32 Å². The topological polar surface area (TPSA) is 66.4 Å². The molecule has 4 nitrogen and oxygen atoms in total. The number of hydrogen-bond donors (Lipinski definition) is 2. The van der Waals surface area contributed by atoms with Gasteiger partial charge in [0.15, 0.2) is 0 Å². The summed E-state index contributed by atoms with van der Waals surface area (Å²) in [4.78, 5) is 22.6. The Bertz CT molecular complexity index is 454. The summed E-state index contributed by atoms with van der Waals surface area (Å²) >= 11 is 0. The summed E-state index contributed by atoms with van der Waals surface area (Å²) in [6, 6.07) is 4.64. The summed E-state index contributed by atoms with van der Waals surface area (Å²) in [5, 5.41) is 11.6. The minimum absolute atomic E-state index is 0.0277. The lowest BCUT2D eigenvalue weighted by Crippen LogP contribution is -2.43. The zero-order chi connectivity index (χ0) is 13.1. The second-order valence-electron chi connectivity index (χ2n) is 4.50. The first-order valence-electron chi connectivity index (χ1n) is 5.84. The third-order valence-corrected chi connectivity index (χ3v) is 2.92. The van der Waals surface area contributed by atoms with Gasteiger partial charge in [-0.2, -0.15) is 0 Å². The molecule has 0 saturated heterocycles. The first-order valence-corrected chi connectivity index (χ1v) is 5.84. The number of nitrogens with one attached hydrogen (secondary N) is 1. The Morgan fingerprint density at radius 1 is 1.33 bits per heavy atom. The molecule has 2 N–H and O–H groups in total. The van der Waals surface area contributed by atoms with E-state index < -0.39 is 12.0 Å². The minimum atomic E-state index is -1.08. The van der Waals surface area contributed by atoms with Crippen LogP contribution in [0.3, 0.4) is 0 Å². The van der Waals surface area contributed by atoms with Crippen molar-refractivity contribution >= 4 is 11.9 Å². The number of rotatable bonds is 5. The van der Waals surface area contributed by atoms with E-state index in [0.717, 1.165) is 12.8 Å². The molecule has 18 heavy (non-hydrogen) atoms. The molecule has 1 aromatic carbocycles. The monoisotopic (exact) mass is 251 g/mol. The van der Waals surface area contributed by atoms with Crippen molar-refractivity contribution in [1.82, 2.24) is 5.32 Å². The maximum Gasteiger partial charge on any atom is 0.326 e. The van der Waals surface area contributed by atoms with Crippen LogP contribution in [-0.4, -0.2) is 23.0 Å². The van der Waals surface area contributed by atoms with Gasteiger partial charge in [0.05, 0.1) is 0 Å². The fraction of sp³-hybridized carbons (Fsp3) is 0.385. The van der Waals surface area contributed by atoms with Gasteiger partial charge in [-0.1, -0.05) is 12.1 Å². The summed E-state index contributed by atoms with van der Waals surface area (Å²) in [5.74, 6) is -1.68. The van der Waals surface area contributed by atoms with E-state index in [4.69, 9.17) is 5.11 Å². The van der Waals surface area contributed by atoms with Gasteiger partial charge in [0.25, 0.3) is 0 Å². The lowest BCUT2D eigenvalue weighted by Gasteiger charge is -2.14. The van der Waals surface area contributed by atoms with Crippen LogP contribution in [0.2, 0.25) is 0 Å². The Morgan fingerprint density at radius 2 is 1.94 bits per heavy atom. The summed E-state index contributed by atoms with van der Waals surface area (Å²) in [7, 11) is 0. The van der Waals surface area contributed by atoms with Crippen molar-refractivity contribution in [3.63, 3.8) is 0 Å². The highest BCUT2D eigenvalue weighted by Gasteiger charge is 2.32. The van der Waals surface area contributed by atoms with Gasteiger partial charge >= 0.3 is 5.97 Å². The van der Waals surface area contributed by atoms with Gasteiger partial charge in [0.1, 0.15) is 11.9 Å². The average Bonchev–Trinajstić information content (AvgIpc) is 3.14.